The van der Waals surface area contributed by atoms with E-state index in [-0.39, 0.29) is 0 Å². The van der Waals surface area contributed by atoms with Gasteiger partial charge in [-0.2, -0.15) is 0 Å². The van der Waals surface area contributed by atoms with Crippen LogP contribution in [-0.2, 0) is 0 Å². The summed E-state index contributed by atoms with van der Waals surface area (Å²) in [6, 6.07) is 0. The van der Waals surface area contributed by atoms with Crippen molar-refractivity contribution in [2.45, 2.75) is 33.6 Å². The molecule has 1 unspecified atom stereocenters. The van der Waals surface area contributed by atoms with E-state index >= 15 is 0 Å². The quantitative estimate of drug-likeness (QED) is 0.544. The minimum absolute atomic E-state index is 0.510. The summed E-state index contributed by atoms with van der Waals surface area (Å²) in [4.78, 5) is 0. The molecule has 1 nitrogen and oxygen atoms in total. The van der Waals surface area contributed by atoms with Crippen LogP contribution in [0.25, 0.3) is 0 Å². The Hall–Kier alpha value is -0.0400. The third kappa shape index (κ3) is 1.72. The molecular weight excluding hydrogens is 122 g/mol. The Kier molecular flexibility index (Phi) is 2.35. The van der Waals surface area contributed by atoms with Gasteiger partial charge < -0.3 is 5.32 Å². The van der Waals surface area contributed by atoms with Gasteiger partial charge in [0, 0.05) is 6.54 Å². The molecule has 0 spiro atoms. The largest absolute Gasteiger partial charge is 0.316 e. The van der Waals surface area contributed by atoms with Gasteiger partial charge in [0.05, 0.1) is 0 Å². The van der Waals surface area contributed by atoms with Crippen molar-refractivity contribution in [1.29, 1.82) is 0 Å². The topological polar surface area (TPSA) is 12.0 Å². The molecule has 0 bridgehead atoms. The van der Waals surface area contributed by atoms with Crippen LogP contribution in [0.15, 0.2) is 0 Å². The van der Waals surface area contributed by atoms with Crippen LogP contribution in [0.4, 0.5) is 0 Å². The maximum atomic E-state index is 3.47. The van der Waals surface area contributed by atoms with Crippen LogP contribution in [0.2, 0.25) is 0 Å². The van der Waals surface area contributed by atoms with E-state index in [0.29, 0.717) is 5.41 Å². The molecule has 1 atom stereocenters. The van der Waals surface area contributed by atoms with Crippen LogP contribution in [0.5, 0.6) is 0 Å². The Labute approximate surface area is 64.2 Å². The molecule has 0 saturated carbocycles. The maximum Gasteiger partial charge on any atom is 0.000507 e. The first kappa shape index (κ1) is 8.06. The van der Waals surface area contributed by atoms with Crippen LogP contribution in [0.1, 0.15) is 33.6 Å². The first-order valence-corrected chi connectivity index (χ1v) is 4.33. The summed E-state index contributed by atoms with van der Waals surface area (Å²) >= 11 is 0. The minimum atomic E-state index is 0.510. The SMILES string of the molecule is CC1CCCNCC1(C)C. The molecule has 60 valence electrons. The van der Waals surface area contributed by atoms with Crippen molar-refractivity contribution in [3.8, 4) is 0 Å². The number of nitrogens with one attached hydrogen (secondary N) is 1. The number of hydrogen-bond donors (Lipinski definition) is 1. The lowest BCUT2D eigenvalue weighted by molar-refractivity contribution is 0.232. The second kappa shape index (κ2) is 2.91. The summed E-state index contributed by atoms with van der Waals surface area (Å²) in [5.74, 6) is 0.877. The molecule has 10 heavy (non-hydrogen) atoms. The molecule has 0 aromatic carbocycles. The minimum Gasteiger partial charge on any atom is -0.316 e. The Morgan fingerprint density at radius 3 is 2.80 bits per heavy atom. The van der Waals surface area contributed by atoms with Gasteiger partial charge in [-0.3, -0.25) is 0 Å². The van der Waals surface area contributed by atoms with Gasteiger partial charge in [-0.05, 0) is 30.7 Å². The summed E-state index contributed by atoms with van der Waals surface area (Å²) in [6.07, 6.45) is 2.74. The van der Waals surface area contributed by atoms with E-state index in [1.54, 1.807) is 0 Å². The Morgan fingerprint density at radius 2 is 2.10 bits per heavy atom. The van der Waals surface area contributed by atoms with Crippen LogP contribution < -0.4 is 5.32 Å². The van der Waals surface area contributed by atoms with Gasteiger partial charge in [0.25, 0.3) is 0 Å². The van der Waals surface area contributed by atoms with Crippen molar-refractivity contribution in [2.24, 2.45) is 11.3 Å². The van der Waals surface area contributed by atoms with Gasteiger partial charge in [-0.1, -0.05) is 20.8 Å². The highest BCUT2D eigenvalue weighted by atomic mass is 14.9. The van der Waals surface area contributed by atoms with E-state index in [2.05, 4.69) is 26.1 Å². The zero-order valence-corrected chi connectivity index (χ0v) is 7.41. The molecule has 0 aliphatic carbocycles. The predicted octanol–water partition coefficient (Wildman–Crippen LogP) is 2.03. The van der Waals surface area contributed by atoms with Crippen molar-refractivity contribution >= 4 is 0 Å². The van der Waals surface area contributed by atoms with E-state index in [9.17, 15) is 0 Å². The Bertz CT molecular complexity index is 107. The number of hydrogen-bond acceptors (Lipinski definition) is 1. The molecule has 0 radical (unpaired) electrons. The molecule has 0 aromatic rings. The van der Waals surface area contributed by atoms with Gasteiger partial charge in [0.1, 0.15) is 0 Å². The van der Waals surface area contributed by atoms with Crippen molar-refractivity contribution < 1.29 is 0 Å². The predicted molar refractivity (Wildman–Crippen MR) is 45.0 cm³/mol. The average molecular weight is 141 g/mol. The smallest absolute Gasteiger partial charge is 0.000507 e. The molecule has 1 saturated heterocycles. The fourth-order valence-electron chi connectivity index (χ4n) is 1.51. The van der Waals surface area contributed by atoms with Gasteiger partial charge >= 0.3 is 0 Å². The van der Waals surface area contributed by atoms with E-state index < -0.39 is 0 Å². The fraction of sp³-hybridized carbons (Fsp3) is 1.00. The second-order valence-corrected chi connectivity index (χ2v) is 4.21. The van der Waals surface area contributed by atoms with Gasteiger partial charge in [0.15, 0.2) is 0 Å². The first-order valence-electron chi connectivity index (χ1n) is 4.33. The normalized spacial score (nSPS) is 33.3. The van der Waals surface area contributed by atoms with E-state index in [1.165, 1.54) is 25.9 Å². The van der Waals surface area contributed by atoms with Crippen LogP contribution in [-0.4, -0.2) is 13.1 Å². The van der Waals surface area contributed by atoms with Gasteiger partial charge in [-0.25, -0.2) is 0 Å². The molecule has 1 aliphatic heterocycles. The maximum absolute atomic E-state index is 3.47. The Balaban J connectivity index is 2.52. The summed E-state index contributed by atoms with van der Waals surface area (Å²) in [5.41, 5.74) is 0.510. The summed E-state index contributed by atoms with van der Waals surface area (Å²) in [7, 11) is 0. The van der Waals surface area contributed by atoms with Crippen molar-refractivity contribution in [3.05, 3.63) is 0 Å². The summed E-state index contributed by atoms with van der Waals surface area (Å²) in [6.45, 7) is 9.49. The highest BCUT2D eigenvalue weighted by molar-refractivity contribution is 4.80. The van der Waals surface area contributed by atoms with E-state index in [4.69, 9.17) is 0 Å². The van der Waals surface area contributed by atoms with E-state index in [1.807, 2.05) is 0 Å². The van der Waals surface area contributed by atoms with Crippen LogP contribution in [0.3, 0.4) is 0 Å². The summed E-state index contributed by atoms with van der Waals surface area (Å²) in [5, 5.41) is 3.47. The molecule has 1 rings (SSSR count). The molecule has 1 fully saturated rings. The lowest BCUT2D eigenvalue weighted by Gasteiger charge is -2.29. The molecule has 0 aromatic heterocycles. The highest BCUT2D eigenvalue weighted by Gasteiger charge is 2.26. The third-order valence-electron chi connectivity index (χ3n) is 2.91. The average Bonchev–Trinajstić information content (AvgIpc) is 1.96. The monoisotopic (exact) mass is 141 g/mol. The zero-order chi connectivity index (χ0) is 7.61. The zero-order valence-electron chi connectivity index (χ0n) is 7.41. The van der Waals surface area contributed by atoms with Gasteiger partial charge in [-0.15, -0.1) is 0 Å². The number of rotatable bonds is 0. The molecule has 1 heteroatoms. The van der Waals surface area contributed by atoms with Crippen molar-refractivity contribution in [2.75, 3.05) is 13.1 Å². The highest BCUT2D eigenvalue weighted by Crippen LogP contribution is 2.30. The van der Waals surface area contributed by atoms with E-state index in [0.717, 1.165) is 5.92 Å². The first-order chi connectivity index (χ1) is 4.63. The fourth-order valence-corrected chi connectivity index (χ4v) is 1.51. The Morgan fingerprint density at radius 1 is 1.40 bits per heavy atom. The second-order valence-electron chi connectivity index (χ2n) is 4.21. The van der Waals surface area contributed by atoms with Gasteiger partial charge in [0.2, 0.25) is 0 Å². The molecule has 1 heterocycles. The summed E-state index contributed by atoms with van der Waals surface area (Å²) < 4.78 is 0. The van der Waals surface area contributed by atoms with Crippen LogP contribution >= 0.6 is 0 Å². The molecule has 0 amide bonds. The lowest BCUT2D eigenvalue weighted by atomic mass is 9.78. The standard InChI is InChI=1S/C9H19N/c1-8-5-4-6-10-7-9(8,2)3/h8,10H,4-7H2,1-3H3. The van der Waals surface area contributed by atoms with Crippen molar-refractivity contribution in [1.82, 2.24) is 5.32 Å². The molecular formula is C9H19N. The third-order valence-corrected chi connectivity index (χ3v) is 2.91. The molecule has 1 N–H and O–H groups in total. The molecule has 1 aliphatic rings. The van der Waals surface area contributed by atoms with Crippen LogP contribution in [0, 0.1) is 11.3 Å². The lowest BCUT2D eigenvalue weighted by Crippen LogP contribution is -2.31. The van der Waals surface area contributed by atoms with Crippen molar-refractivity contribution in [3.63, 3.8) is 0 Å².